The van der Waals surface area contributed by atoms with Crippen LogP contribution < -0.4 is 5.32 Å². The summed E-state index contributed by atoms with van der Waals surface area (Å²) >= 11 is 1.50. The number of nitrogens with one attached hydrogen (secondary N) is 1. The van der Waals surface area contributed by atoms with Crippen LogP contribution in [0.4, 0.5) is 0 Å². The molecule has 0 aliphatic carbocycles. The molecule has 2 heterocycles. The average Bonchev–Trinajstić information content (AvgIpc) is 2.86. The highest BCUT2D eigenvalue weighted by atomic mass is 32.1. The van der Waals surface area contributed by atoms with Crippen molar-refractivity contribution in [2.24, 2.45) is 5.41 Å². The number of aromatic nitrogens is 1. The fourth-order valence-corrected chi connectivity index (χ4v) is 3.16. The van der Waals surface area contributed by atoms with Crippen molar-refractivity contribution in [3.8, 4) is 0 Å². The van der Waals surface area contributed by atoms with E-state index in [1.807, 2.05) is 33.1 Å². The van der Waals surface area contributed by atoms with Crippen LogP contribution in [0, 0.1) is 5.41 Å². The summed E-state index contributed by atoms with van der Waals surface area (Å²) in [4.78, 5) is 30.8. The Bertz CT molecular complexity index is 507. The van der Waals surface area contributed by atoms with Gasteiger partial charge >= 0.3 is 0 Å². The Kier molecular flexibility index (Phi) is 3.86. The quantitative estimate of drug-likeness (QED) is 0.907. The number of amides is 2. The van der Waals surface area contributed by atoms with Gasteiger partial charge in [0, 0.05) is 11.6 Å². The van der Waals surface area contributed by atoms with Crippen molar-refractivity contribution in [1.29, 1.82) is 0 Å². The van der Waals surface area contributed by atoms with E-state index >= 15 is 0 Å². The number of carbonyl (C=O) groups excluding carboxylic acids is 2. The Morgan fingerprint density at radius 3 is 2.55 bits per heavy atom. The third-order valence-electron chi connectivity index (χ3n) is 3.68. The predicted octanol–water partition coefficient (Wildman–Crippen LogP) is 1.97. The maximum absolute atomic E-state index is 12.8. The van der Waals surface area contributed by atoms with E-state index in [9.17, 15) is 9.59 Å². The van der Waals surface area contributed by atoms with Gasteiger partial charge in [0.25, 0.3) is 0 Å². The van der Waals surface area contributed by atoms with Gasteiger partial charge in [-0.2, -0.15) is 0 Å². The summed E-state index contributed by atoms with van der Waals surface area (Å²) in [6.45, 7) is 9.55. The Labute approximate surface area is 123 Å². The van der Waals surface area contributed by atoms with Crippen LogP contribution in [0.1, 0.15) is 45.7 Å². The average molecular weight is 295 g/mol. The highest BCUT2D eigenvalue weighted by Crippen LogP contribution is 2.31. The summed E-state index contributed by atoms with van der Waals surface area (Å²) in [7, 11) is 0. The van der Waals surface area contributed by atoms with Crippen molar-refractivity contribution in [1.82, 2.24) is 15.2 Å². The number of hydrogen-bond donors (Lipinski definition) is 1. The van der Waals surface area contributed by atoms with E-state index in [1.165, 1.54) is 11.3 Å². The third-order valence-corrected chi connectivity index (χ3v) is 4.62. The number of hydrogen-bond acceptors (Lipinski definition) is 4. The SMILES string of the molecule is CC1C(=O)NC(C(C)(C)C)C(=O)N1C(C)c1nccs1. The van der Waals surface area contributed by atoms with E-state index in [4.69, 9.17) is 0 Å². The minimum atomic E-state index is -0.492. The van der Waals surface area contributed by atoms with Gasteiger partial charge in [-0.25, -0.2) is 4.98 Å². The predicted molar refractivity (Wildman–Crippen MR) is 78.2 cm³/mol. The summed E-state index contributed by atoms with van der Waals surface area (Å²) in [5.41, 5.74) is -0.312. The van der Waals surface area contributed by atoms with E-state index in [1.54, 1.807) is 18.0 Å². The number of carbonyl (C=O) groups is 2. The second-order valence-electron chi connectivity index (χ2n) is 6.28. The van der Waals surface area contributed by atoms with Gasteiger partial charge in [-0.1, -0.05) is 20.8 Å². The first-order valence-electron chi connectivity index (χ1n) is 6.75. The van der Waals surface area contributed by atoms with Gasteiger partial charge in [0.1, 0.15) is 17.1 Å². The second-order valence-corrected chi connectivity index (χ2v) is 7.20. The summed E-state index contributed by atoms with van der Waals surface area (Å²) < 4.78 is 0. The van der Waals surface area contributed by atoms with Crippen LogP contribution in [0.15, 0.2) is 11.6 Å². The molecule has 0 bridgehead atoms. The van der Waals surface area contributed by atoms with Crippen LogP contribution in [0.2, 0.25) is 0 Å². The molecular weight excluding hydrogens is 274 g/mol. The zero-order chi connectivity index (χ0) is 15.1. The number of rotatable bonds is 2. The molecule has 0 radical (unpaired) electrons. The molecule has 110 valence electrons. The molecule has 1 fully saturated rings. The molecule has 1 saturated heterocycles. The Hall–Kier alpha value is -1.43. The molecule has 5 nitrogen and oxygen atoms in total. The number of thiazole rings is 1. The Morgan fingerprint density at radius 1 is 1.40 bits per heavy atom. The minimum absolute atomic E-state index is 0.0349. The fourth-order valence-electron chi connectivity index (χ4n) is 2.46. The van der Waals surface area contributed by atoms with Crippen LogP contribution in [0.25, 0.3) is 0 Å². The summed E-state index contributed by atoms with van der Waals surface area (Å²) in [6.07, 6.45) is 1.72. The van der Waals surface area contributed by atoms with E-state index in [-0.39, 0.29) is 23.3 Å². The lowest BCUT2D eigenvalue weighted by Crippen LogP contribution is -2.66. The highest BCUT2D eigenvalue weighted by Gasteiger charge is 2.45. The zero-order valence-electron chi connectivity index (χ0n) is 12.5. The van der Waals surface area contributed by atoms with Crippen LogP contribution in [0.3, 0.4) is 0 Å². The van der Waals surface area contributed by atoms with Crippen molar-refractivity contribution in [2.75, 3.05) is 0 Å². The topological polar surface area (TPSA) is 62.3 Å². The first-order valence-corrected chi connectivity index (χ1v) is 7.63. The van der Waals surface area contributed by atoms with Gasteiger partial charge in [0.15, 0.2) is 0 Å². The fraction of sp³-hybridized carbons (Fsp3) is 0.643. The molecule has 1 aliphatic rings. The standard InChI is InChI=1S/C14H21N3O2S/c1-8-11(18)16-10(14(3,4)5)13(19)17(8)9(2)12-15-6-7-20-12/h6-10H,1-5H3,(H,16,18). The smallest absolute Gasteiger partial charge is 0.246 e. The molecule has 20 heavy (non-hydrogen) atoms. The maximum atomic E-state index is 12.8. The molecule has 1 aromatic heterocycles. The van der Waals surface area contributed by atoms with Crippen molar-refractivity contribution in [3.05, 3.63) is 16.6 Å². The van der Waals surface area contributed by atoms with E-state index in [2.05, 4.69) is 10.3 Å². The van der Waals surface area contributed by atoms with Gasteiger partial charge in [0.2, 0.25) is 11.8 Å². The van der Waals surface area contributed by atoms with Crippen molar-refractivity contribution in [2.45, 2.75) is 52.7 Å². The normalized spacial score (nSPS) is 25.6. The van der Waals surface area contributed by atoms with Gasteiger partial charge in [-0.05, 0) is 19.3 Å². The number of nitrogens with zero attached hydrogens (tertiary/aromatic N) is 2. The summed E-state index contributed by atoms with van der Waals surface area (Å²) in [5.74, 6) is -0.139. The first-order chi connectivity index (χ1) is 9.23. The lowest BCUT2D eigenvalue weighted by molar-refractivity contribution is -0.154. The summed E-state index contributed by atoms with van der Waals surface area (Å²) in [6, 6.07) is -1.15. The molecule has 0 saturated carbocycles. The highest BCUT2D eigenvalue weighted by molar-refractivity contribution is 7.09. The van der Waals surface area contributed by atoms with E-state index in [0.717, 1.165) is 5.01 Å². The van der Waals surface area contributed by atoms with Gasteiger partial charge in [-0.3, -0.25) is 9.59 Å². The summed E-state index contributed by atoms with van der Waals surface area (Å²) in [5, 5.41) is 5.57. The Balaban J connectivity index is 2.34. The molecule has 3 atom stereocenters. The minimum Gasteiger partial charge on any atom is -0.342 e. The lowest BCUT2D eigenvalue weighted by Gasteiger charge is -2.44. The molecule has 1 N–H and O–H groups in total. The van der Waals surface area contributed by atoms with Gasteiger partial charge < -0.3 is 10.2 Å². The van der Waals surface area contributed by atoms with E-state index < -0.39 is 12.1 Å². The molecular formula is C14H21N3O2S. The molecule has 0 aromatic carbocycles. The van der Waals surface area contributed by atoms with Crippen LogP contribution in [0.5, 0.6) is 0 Å². The molecule has 1 aromatic rings. The molecule has 6 heteroatoms. The van der Waals surface area contributed by atoms with Crippen molar-refractivity contribution < 1.29 is 9.59 Å². The largest absolute Gasteiger partial charge is 0.342 e. The molecule has 1 aliphatic heterocycles. The molecule has 0 spiro atoms. The monoisotopic (exact) mass is 295 g/mol. The lowest BCUT2D eigenvalue weighted by atomic mass is 9.83. The zero-order valence-corrected chi connectivity index (χ0v) is 13.3. The van der Waals surface area contributed by atoms with Gasteiger partial charge in [0.05, 0.1) is 6.04 Å². The molecule has 3 unspecified atom stereocenters. The Morgan fingerprint density at radius 2 is 2.05 bits per heavy atom. The van der Waals surface area contributed by atoms with E-state index in [0.29, 0.717) is 0 Å². The first kappa shape index (κ1) is 15.0. The van der Waals surface area contributed by atoms with Crippen LogP contribution in [-0.4, -0.2) is 33.8 Å². The van der Waals surface area contributed by atoms with Crippen molar-refractivity contribution >= 4 is 23.2 Å². The van der Waals surface area contributed by atoms with Gasteiger partial charge in [-0.15, -0.1) is 11.3 Å². The molecule has 2 amide bonds. The van der Waals surface area contributed by atoms with Crippen LogP contribution >= 0.6 is 11.3 Å². The maximum Gasteiger partial charge on any atom is 0.246 e. The molecule has 2 rings (SSSR count). The third kappa shape index (κ3) is 2.57. The second kappa shape index (κ2) is 5.16. The number of piperazine rings is 1. The van der Waals surface area contributed by atoms with Crippen molar-refractivity contribution in [3.63, 3.8) is 0 Å². The van der Waals surface area contributed by atoms with Crippen LogP contribution in [-0.2, 0) is 9.59 Å².